The van der Waals surface area contributed by atoms with Gasteiger partial charge in [-0.05, 0) is 34.8 Å². The van der Waals surface area contributed by atoms with Crippen LogP contribution in [0.3, 0.4) is 0 Å². The van der Waals surface area contributed by atoms with E-state index in [1.54, 1.807) is 0 Å². The van der Waals surface area contributed by atoms with Crippen LogP contribution in [0.2, 0.25) is 0 Å². The number of hydrogen-bond acceptors (Lipinski definition) is 5. The molecule has 1 amide bonds. The molecule has 0 aliphatic heterocycles. The number of amides is 1. The second kappa shape index (κ2) is 5.80. The third kappa shape index (κ3) is 3.78. The molecule has 0 radical (unpaired) electrons. The summed E-state index contributed by atoms with van der Waals surface area (Å²) < 4.78 is 26.3. The first-order chi connectivity index (χ1) is 9.29. The first-order valence-corrected chi connectivity index (χ1v) is 8.70. The van der Waals surface area contributed by atoms with Gasteiger partial charge in [0.05, 0.1) is 10.3 Å². The molecule has 110 valence electrons. The summed E-state index contributed by atoms with van der Waals surface area (Å²) in [7, 11) is -3.92. The quantitative estimate of drug-likeness (QED) is 0.672. The highest BCUT2D eigenvalue weighted by Crippen LogP contribution is 2.31. The minimum Gasteiger partial charge on any atom is -0.477 e. The monoisotopic (exact) mass is 382 g/mol. The third-order valence-electron chi connectivity index (χ3n) is 2.52. The summed E-state index contributed by atoms with van der Waals surface area (Å²) in [5.41, 5.74) is 0. The molecule has 0 aromatic carbocycles. The van der Waals surface area contributed by atoms with E-state index in [0.717, 1.165) is 30.2 Å². The molecule has 1 aliphatic carbocycles. The van der Waals surface area contributed by atoms with Crippen LogP contribution in [-0.4, -0.2) is 38.0 Å². The minimum atomic E-state index is -3.92. The van der Waals surface area contributed by atoms with Crippen LogP contribution in [0.25, 0.3) is 0 Å². The van der Waals surface area contributed by atoms with Crippen molar-refractivity contribution in [2.45, 2.75) is 23.8 Å². The fourth-order valence-electron chi connectivity index (χ4n) is 1.39. The summed E-state index contributed by atoms with van der Waals surface area (Å²) >= 11 is 3.82. The predicted molar refractivity (Wildman–Crippen MR) is 75.3 cm³/mol. The van der Waals surface area contributed by atoms with E-state index in [1.807, 2.05) is 0 Å². The van der Waals surface area contributed by atoms with E-state index in [9.17, 15) is 18.0 Å². The Bertz CT molecular complexity index is 651. The molecule has 1 saturated carbocycles. The zero-order chi connectivity index (χ0) is 14.9. The van der Waals surface area contributed by atoms with Crippen molar-refractivity contribution >= 4 is 49.2 Å². The number of sulfonamides is 1. The van der Waals surface area contributed by atoms with Crippen LogP contribution in [0.1, 0.15) is 22.5 Å². The van der Waals surface area contributed by atoms with Gasteiger partial charge in [-0.1, -0.05) is 0 Å². The highest BCUT2D eigenvalue weighted by atomic mass is 79.9. The minimum absolute atomic E-state index is 0.0975. The molecule has 10 heteroatoms. The molecule has 3 N–H and O–H groups in total. The fraction of sp³-hybridized carbons (Fsp3) is 0.400. The average molecular weight is 383 g/mol. The number of nitrogens with one attached hydrogen (secondary N) is 2. The Labute approximate surface area is 127 Å². The maximum Gasteiger partial charge on any atom is 0.345 e. The first kappa shape index (κ1) is 15.4. The molecular formula is C10H11BrN2O5S2. The molecule has 0 spiro atoms. The van der Waals surface area contributed by atoms with Gasteiger partial charge in [0.1, 0.15) is 9.77 Å². The standard InChI is InChI=1S/C10H11BrN2O5S2/c11-9-7(3-6(19-9)10(15)16)20(17,18)12-4-8(14)13-5-1-2-5/h3,5,12H,1-2,4H2,(H,13,14)(H,15,16). The van der Waals surface area contributed by atoms with E-state index in [4.69, 9.17) is 5.11 Å². The number of thiophene rings is 1. The summed E-state index contributed by atoms with van der Waals surface area (Å²) in [5, 5.41) is 11.5. The number of rotatable bonds is 6. The molecule has 2 rings (SSSR count). The molecule has 0 bridgehead atoms. The molecule has 0 saturated heterocycles. The fourth-order valence-corrected chi connectivity index (χ4v) is 4.77. The van der Waals surface area contributed by atoms with Crippen molar-refractivity contribution in [3.8, 4) is 0 Å². The van der Waals surface area contributed by atoms with E-state index in [1.165, 1.54) is 0 Å². The van der Waals surface area contributed by atoms with Gasteiger partial charge in [-0.3, -0.25) is 4.79 Å². The van der Waals surface area contributed by atoms with Crippen molar-refractivity contribution in [2.24, 2.45) is 0 Å². The molecule has 1 aliphatic rings. The van der Waals surface area contributed by atoms with E-state index in [2.05, 4.69) is 26.0 Å². The number of carbonyl (C=O) groups is 2. The highest BCUT2D eigenvalue weighted by Gasteiger charge is 2.26. The van der Waals surface area contributed by atoms with Gasteiger partial charge >= 0.3 is 5.97 Å². The summed E-state index contributed by atoms with van der Waals surface area (Å²) in [6, 6.07) is 1.21. The molecule has 1 aromatic heterocycles. The smallest absolute Gasteiger partial charge is 0.345 e. The zero-order valence-electron chi connectivity index (χ0n) is 10.1. The van der Waals surface area contributed by atoms with Crippen molar-refractivity contribution in [3.63, 3.8) is 0 Å². The van der Waals surface area contributed by atoms with Crippen molar-refractivity contribution in [1.82, 2.24) is 10.0 Å². The number of carbonyl (C=O) groups excluding carboxylic acids is 1. The van der Waals surface area contributed by atoms with Gasteiger partial charge in [-0.25, -0.2) is 17.9 Å². The topological polar surface area (TPSA) is 113 Å². The molecular weight excluding hydrogens is 372 g/mol. The Hall–Kier alpha value is -0.970. The van der Waals surface area contributed by atoms with Crippen LogP contribution in [0.15, 0.2) is 14.7 Å². The number of hydrogen-bond donors (Lipinski definition) is 3. The van der Waals surface area contributed by atoms with Crippen LogP contribution in [-0.2, 0) is 14.8 Å². The number of carboxylic acid groups (broad SMARTS) is 1. The highest BCUT2D eigenvalue weighted by molar-refractivity contribution is 9.11. The largest absolute Gasteiger partial charge is 0.477 e. The SMILES string of the molecule is O=C(CNS(=O)(=O)c1cc(C(=O)O)sc1Br)NC1CC1. The van der Waals surface area contributed by atoms with Gasteiger partial charge in [-0.15, -0.1) is 11.3 Å². The van der Waals surface area contributed by atoms with E-state index >= 15 is 0 Å². The lowest BCUT2D eigenvalue weighted by molar-refractivity contribution is -0.120. The van der Waals surface area contributed by atoms with E-state index in [0.29, 0.717) is 0 Å². The predicted octanol–water partition coefficient (Wildman–Crippen LogP) is 0.766. The Morgan fingerprint density at radius 2 is 2.10 bits per heavy atom. The van der Waals surface area contributed by atoms with Gasteiger partial charge in [-0.2, -0.15) is 0 Å². The van der Waals surface area contributed by atoms with Gasteiger partial charge in [0.25, 0.3) is 0 Å². The zero-order valence-corrected chi connectivity index (χ0v) is 13.3. The summed E-state index contributed by atoms with van der Waals surface area (Å²) in [6.45, 7) is -0.372. The number of halogens is 1. The van der Waals surface area contributed by atoms with Gasteiger partial charge < -0.3 is 10.4 Å². The Morgan fingerprint density at radius 1 is 1.45 bits per heavy atom. The van der Waals surface area contributed by atoms with Gasteiger partial charge in [0, 0.05) is 6.04 Å². The maximum atomic E-state index is 12.0. The lowest BCUT2D eigenvalue weighted by Crippen LogP contribution is -2.37. The van der Waals surface area contributed by atoms with Crippen molar-refractivity contribution in [2.75, 3.05) is 6.54 Å². The van der Waals surface area contributed by atoms with Crippen molar-refractivity contribution < 1.29 is 23.1 Å². The van der Waals surface area contributed by atoms with Crippen LogP contribution in [0.4, 0.5) is 0 Å². The molecule has 1 heterocycles. The summed E-state index contributed by atoms with van der Waals surface area (Å²) in [5.74, 6) is -1.61. The average Bonchev–Trinajstić information content (AvgIpc) is 3.06. The Kier molecular flexibility index (Phi) is 4.47. The first-order valence-electron chi connectivity index (χ1n) is 5.61. The lowest BCUT2D eigenvalue weighted by atomic mass is 10.5. The number of carboxylic acids is 1. The van der Waals surface area contributed by atoms with Gasteiger partial charge in [0.15, 0.2) is 0 Å². The summed E-state index contributed by atoms with van der Waals surface area (Å²) in [6.07, 6.45) is 1.83. The van der Waals surface area contributed by atoms with Crippen LogP contribution in [0.5, 0.6) is 0 Å². The normalized spacial score (nSPS) is 15.1. The van der Waals surface area contributed by atoms with E-state index in [-0.39, 0.29) is 26.1 Å². The number of aromatic carboxylic acids is 1. The molecule has 1 fully saturated rings. The second-order valence-electron chi connectivity index (χ2n) is 4.22. The molecule has 0 atom stereocenters. The van der Waals surface area contributed by atoms with E-state index < -0.39 is 21.9 Å². The van der Waals surface area contributed by atoms with Crippen LogP contribution in [0, 0.1) is 0 Å². The Balaban J connectivity index is 2.05. The summed E-state index contributed by atoms with van der Waals surface area (Å²) in [4.78, 5) is 21.9. The lowest BCUT2D eigenvalue weighted by Gasteiger charge is -2.06. The molecule has 7 nitrogen and oxygen atoms in total. The molecule has 0 unspecified atom stereocenters. The van der Waals surface area contributed by atoms with Gasteiger partial charge in [0.2, 0.25) is 15.9 Å². The van der Waals surface area contributed by atoms with Crippen molar-refractivity contribution in [3.05, 3.63) is 14.7 Å². The molecule has 20 heavy (non-hydrogen) atoms. The van der Waals surface area contributed by atoms with Crippen molar-refractivity contribution in [1.29, 1.82) is 0 Å². The third-order valence-corrected chi connectivity index (χ3v) is 6.16. The maximum absolute atomic E-state index is 12.0. The van der Waals surface area contributed by atoms with Crippen LogP contribution < -0.4 is 10.0 Å². The Morgan fingerprint density at radius 3 is 2.60 bits per heavy atom. The molecule has 1 aromatic rings. The second-order valence-corrected chi connectivity index (χ2v) is 8.33. The van der Waals surface area contributed by atoms with Crippen LogP contribution >= 0.6 is 27.3 Å².